The van der Waals surface area contributed by atoms with Crippen LogP contribution in [0.25, 0.3) is 11.0 Å². The number of aromatic nitrogens is 2. The number of hydrogen-bond donors (Lipinski definition) is 2. The fourth-order valence-electron chi connectivity index (χ4n) is 2.65. The number of para-hydroxylation sites is 2. The lowest BCUT2D eigenvalue weighted by molar-refractivity contribution is 0.450. The summed E-state index contributed by atoms with van der Waals surface area (Å²) in [6, 6.07) is 7.09. The van der Waals surface area contributed by atoms with Gasteiger partial charge in [0.2, 0.25) is 15.2 Å². The van der Waals surface area contributed by atoms with E-state index in [1.807, 2.05) is 0 Å². The third-order valence-electron chi connectivity index (χ3n) is 3.99. The molecule has 0 saturated carbocycles. The summed E-state index contributed by atoms with van der Waals surface area (Å²) in [5, 5.41) is 0.751. The lowest BCUT2D eigenvalue weighted by atomic mass is 10.1. The van der Waals surface area contributed by atoms with Crippen LogP contribution < -0.4 is 4.72 Å². The topological polar surface area (TPSA) is 112 Å². The Hall–Kier alpha value is -1.75. The van der Waals surface area contributed by atoms with E-state index in [2.05, 4.69) is 21.3 Å². The van der Waals surface area contributed by atoms with E-state index in [4.69, 9.17) is 0 Å². The Morgan fingerprint density at radius 3 is 2.79 bits per heavy atom. The van der Waals surface area contributed by atoms with Crippen LogP contribution in [-0.4, -0.2) is 50.7 Å². The van der Waals surface area contributed by atoms with Gasteiger partial charge in [0.15, 0.2) is 0 Å². The predicted molar refractivity (Wildman–Crippen MR) is 90.1 cm³/mol. The zero-order chi connectivity index (χ0) is 17.4. The Morgan fingerprint density at radius 2 is 2.08 bits per heavy atom. The lowest BCUT2D eigenvalue weighted by Crippen LogP contribution is -2.32. The van der Waals surface area contributed by atoms with Crippen LogP contribution in [0.4, 0.5) is 0 Å². The molecule has 2 heterocycles. The second kappa shape index (κ2) is 6.28. The van der Waals surface area contributed by atoms with E-state index in [1.54, 1.807) is 24.3 Å². The smallest absolute Gasteiger partial charge is 0.276 e. The van der Waals surface area contributed by atoms with Crippen molar-refractivity contribution in [1.29, 1.82) is 0 Å². The highest BCUT2D eigenvalue weighted by Crippen LogP contribution is 2.24. The predicted octanol–water partition coefficient (Wildman–Crippen LogP) is 0.636. The van der Waals surface area contributed by atoms with Crippen LogP contribution in [0.2, 0.25) is 0 Å². The van der Waals surface area contributed by atoms with Gasteiger partial charge in [-0.15, -0.1) is 0 Å². The van der Waals surface area contributed by atoms with Crippen molar-refractivity contribution >= 4 is 31.1 Å². The molecule has 1 saturated heterocycles. The molecular formula is C14H18N4O4S2. The van der Waals surface area contributed by atoms with Gasteiger partial charge in [-0.25, -0.2) is 26.5 Å². The zero-order valence-corrected chi connectivity index (χ0v) is 14.5. The van der Waals surface area contributed by atoms with Crippen molar-refractivity contribution < 1.29 is 16.8 Å². The summed E-state index contributed by atoms with van der Waals surface area (Å²) in [4.78, 5) is 6.97. The fourth-order valence-corrected chi connectivity index (χ4v) is 4.68. The minimum absolute atomic E-state index is 0.0844. The van der Waals surface area contributed by atoms with Crippen LogP contribution in [0.3, 0.4) is 0 Å². The van der Waals surface area contributed by atoms with Crippen molar-refractivity contribution in [1.82, 2.24) is 19.0 Å². The Kier molecular flexibility index (Phi) is 4.47. The first kappa shape index (κ1) is 17.1. The largest absolute Gasteiger partial charge is 0.328 e. The number of fused-ring (bicyclic) bond motifs is 1. The molecule has 1 fully saturated rings. The summed E-state index contributed by atoms with van der Waals surface area (Å²) in [6.07, 6.45) is 0.582. The Morgan fingerprint density at radius 1 is 1.33 bits per heavy atom. The average molecular weight is 370 g/mol. The molecule has 0 bridgehead atoms. The molecule has 1 unspecified atom stereocenters. The molecule has 0 amide bonds. The number of aromatic amines is 1. The van der Waals surface area contributed by atoms with E-state index in [0.29, 0.717) is 24.0 Å². The zero-order valence-electron chi connectivity index (χ0n) is 12.8. The first-order valence-corrected chi connectivity index (χ1v) is 10.4. The standard InChI is InChI=1S/C14H18N4O4S2/c1-2-23(19,20)15-9-11-7-8-18(10-11)24(21,22)14-16-12-5-3-4-6-13(12)17-14/h2-6,11,15H,1,7-10H2,(H,16,17). The summed E-state index contributed by atoms with van der Waals surface area (Å²) >= 11 is 0. The van der Waals surface area contributed by atoms with Crippen LogP contribution in [0.5, 0.6) is 0 Å². The highest BCUT2D eigenvalue weighted by atomic mass is 32.2. The second-order valence-corrected chi connectivity index (χ2v) is 9.20. The summed E-state index contributed by atoms with van der Waals surface area (Å²) in [6.45, 7) is 3.99. The van der Waals surface area contributed by atoms with Crippen LogP contribution >= 0.6 is 0 Å². The number of rotatable bonds is 6. The summed E-state index contributed by atoms with van der Waals surface area (Å²) < 4.78 is 51.9. The van der Waals surface area contributed by atoms with Gasteiger partial charge in [-0.1, -0.05) is 18.7 Å². The number of nitrogens with zero attached hydrogens (tertiary/aromatic N) is 2. The van der Waals surface area contributed by atoms with E-state index < -0.39 is 20.0 Å². The van der Waals surface area contributed by atoms with Crippen molar-refractivity contribution in [2.24, 2.45) is 5.92 Å². The van der Waals surface area contributed by atoms with Crippen molar-refractivity contribution in [3.8, 4) is 0 Å². The third kappa shape index (κ3) is 3.36. The van der Waals surface area contributed by atoms with Gasteiger partial charge in [0.05, 0.1) is 11.0 Å². The van der Waals surface area contributed by atoms with E-state index in [9.17, 15) is 16.8 Å². The third-order valence-corrected chi connectivity index (χ3v) is 6.69. The molecule has 1 aliphatic rings. The van der Waals surface area contributed by atoms with Gasteiger partial charge in [-0.3, -0.25) is 0 Å². The molecule has 2 aromatic rings. The summed E-state index contributed by atoms with van der Waals surface area (Å²) in [5.74, 6) is -0.0844. The first-order chi connectivity index (χ1) is 11.3. The maximum Gasteiger partial charge on any atom is 0.276 e. The highest BCUT2D eigenvalue weighted by molar-refractivity contribution is 7.92. The molecular weight excluding hydrogens is 352 g/mol. The van der Waals surface area contributed by atoms with Crippen molar-refractivity contribution in [3.63, 3.8) is 0 Å². The van der Waals surface area contributed by atoms with Gasteiger partial charge in [-0.2, -0.15) is 4.31 Å². The molecule has 1 atom stereocenters. The average Bonchev–Trinajstić information content (AvgIpc) is 3.20. The summed E-state index contributed by atoms with van der Waals surface area (Å²) in [7, 11) is -7.23. The molecule has 0 radical (unpaired) electrons. The molecule has 1 aromatic heterocycles. The van der Waals surface area contributed by atoms with Gasteiger partial charge in [0.25, 0.3) is 10.0 Å². The van der Waals surface area contributed by atoms with Crippen LogP contribution in [-0.2, 0) is 20.0 Å². The number of hydrogen-bond acceptors (Lipinski definition) is 5. The lowest BCUT2D eigenvalue weighted by Gasteiger charge is -2.14. The summed E-state index contributed by atoms with van der Waals surface area (Å²) in [5.41, 5.74) is 1.25. The number of benzene rings is 1. The second-order valence-electron chi connectivity index (χ2n) is 5.64. The number of sulfonamides is 2. The number of nitrogens with one attached hydrogen (secondary N) is 2. The van der Waals surface area contributed by atoms with Crippen molar-refractivity contribution in [2.45, 2.75) is 11.6 Å². The SMILES string of the molecule is C=CS(=O)(=O)NCC1CCN(S(=O)(=O)c2nc3ccccc3[nH]2)C1. The van der Waals surface area contributed by atoms with Gasteiger partial charge >= 0.3 is 0 Å². The monoisotopic (exact) mass is 370 g/mol. The van der Waals surface area contributed by atoms with Gasteiger partial charge in [0, 0.05) is 25.0 Å². The molecule has 0 aliphatic carbocycles. The molecule has 8 nitrogen and oxygen atoms in total. The number of imidazole rings is 1. The van der Waals surface area contributed by atoms with Crippen LogP contribution in [0.15, 0.2) is 41.4 Å². The van der Waals surface area contributed by atoms with E-state index in [1.165, 1.54) is 4.31 Å². The molecule has 24 heavy (non-hydrogen) atoms. The molecule has 0 spiro atoms. The minimum Gasteiger partial charge on any atom is -0.328 e. The maximum absolute atomic E-state index is 12.7. The van der Waals surface area contributed by atoms with E-state index >= 15 is 0 Å². The Labute approximate surface area is 140 Å². The maximum atomic E-state index is 12.7. The minimum atomic E-state index is -3.72. The molecule has 130 valence electrons. The van der Waals surface area contributed by atoms with Crippen molar-refractivity contribution in [2.75, 3.05) is 19.6 Å². The molecule has 10 heteroatoms. The Balaban J connectivity index is 1.73. The normalized spacial score (nSPS) is 19.8. The Bertz CT molecular complexity index is 933. The number of H-pyrrole nitrogens is 1. The molecule has 1 aliphatic heterocycles. The van der Waals surface area contributed by atoms with Crippen LogP contribution in [0, 0.1) is 5.92 Å². The molecule has 2 N–H and O–H groups in total. The highest BCUT2D eigenvalue weighted by Gasteiger charge is 2.34. The van der Waals surface area contributed by atoms with Crippen molar-refractivity contribution in [3.05, 3.63) is 36.3 Å². The fraction of sp³-hybridized carbons (Fsp3) is 0.357. The van der Waals surface area contributed by atoms with Gasteiger partial charge < -0.3 is 4.98 Å². The quantitative estimate of drug-likeness (QED) is 0.775. The molecule has 1 aromatic carbocycles. The van der Waals surface area contributed by atoms with E-state index in [0.717, 1.165) is 5.41 Å². The molecule has 3 rings (SSSR count). The van der Waals surface area contributed by atoms with Crippen LogP contribution in [0.1, 0.15) is 6.42 Å². The van der Waals surface area contributed by atoms with E-state index in [-0.39, 0.29) is 24.2 Å². The first-order valence-electron chi connectivity index (χ1n) is 7.39. The van der Waals surface area contributed by atoms with Gasteiger partial charge in [-0.05, 0) is 24.5 Å². The van der Waals surface area contributed by atoms with Gasteiger partial charge in [0.1, 0.15) is 0 Å².